The van der Waals surface area contributed by atoms with Crippen molar-refractivity contribution in [2.75, 3.05) is 13.2 Å². The number of hydrogen-bond donors (Lipinski definition) is 2. The smallest absolute Gasteiger partial charge is 0.310 e. The van der Waals surface area contributed by atoms with Crippen LogP contribution in [0.3, 0.4) is 0 Å². The second-order valence-electron chi connectivity index (χ2n) is 9.75. The van der Waals surface area contributed by atoms with Gasteiger partial charge in [0.1, 0.15) is 11.6 Å². The lowest BCUT2D eigenvalue weighted by atomic mass is 9.66. The molecular weight excluding hydrogens is 376 g/mol. The van der Waals surface area contributed by atoms with Crippen LogP contribution in [0, 0.1) is 11.8 Å². The summed E-state index contributed by atoms with van der Waals surface area (Å²) in [5.74, 6) is -3.77. The van der Waals surface area contributed by atoms with Crippen LogP contribution in [0.1, 0.15) is 47.5 Å². The summed E-state index contributed by atoms with van der Waals surface area (Å²) in [4.78, 5) is 42.4. The maximum atomic E-state index is 13.8. The summed E-state index contributed by atoms with van der Waals surface area (Å²) < 4.78 is 6.32. The van der Waals surface area contributed by atoms with Gasteiger partial charge in [0.2, 0.25) is 11.8 Å². The van der Waals surface area contributed by atoms with Crippen LogP contribution in [0.5, 0.6) is 0 Å². The number of amides is 2. The minimum atomic E-state index is -1.19. The Morgan fingerprint density at radius 1 is 1.41 bits per heavy atom. The second-order valence-corrected chi connectivity index (χ2v) is 9.75. The minimum Gasteiger partial charge on any atom is -0.481 e. The van der Waals surface area contributed by atoms with Crippen LogP contribution in [0.25, 0.3) is 0 Å². The molecule has 0 radical (unpaired) electrons. The van der Waals surface area contributed by atoms with E-state index in [1.54, 1.807) is 24.8 Å². The third kappa shape index (κ3) is 2.91. The van der Waals surface area contributed by atoms with Gasteiger partial charge >= 0.3 is 5.97 Å². The van der Waals surface area contributed by atoms with Crippen LogP contribution in [0.2, 0.25) is 0 Å². The number of hydrogen-bond acceptors (Lipinski definition) is 5. The highest BCUT2D eigenvalue weighted by molar-refractivity contribution is 5.98. The van der Waals surface area contributed by atoms with E-state index in [1.165, 1.54) is 4.90 Å². The molecule has 0 aromatic rings. The molecule has 8 nitrogen and oxygen atoms in total. The number of carbonyl (C=O) groups excluding carboxylic acids is 2. The zero-order valence-electron chi connectivity index (χ0n) is 17.8. The molecule has 3 aliphatic rings. The Morgan fingerprint density at radius 3 is 2.52 bits per heavy atom. The van der Waals surface area contributed by atoms with Crippen LogP contribution in [-0.4, -0.2) is 79.8 Å². The van der Waals surface area contributed by atoms with Crippen molar-refractivity contribution in [1.82, 2.24) is 9.80 Å². The third-order valence-corrected chi connectivity index (χ3v) is 6.84. The predicted molar refractivity (Wildman–Crippen MR) is 105 cm³/mol. The van der Waals surface area contributed by atoms with Gasteiger partial charge in [0.25, 0.3) is 0 Å². The van der Waals surface area contributed by atoms with Crippen LogP contribution < -0.4 is 0 Å². The molecule has 2 amide bonds. The molecule has 3 fully saturated rings. The van der Waals surface area contributed by atoms with Crippen LogP contribution in [0.15, 0.2) is 12.7 Å². The Morgan fingerprint density at radius 2 is 2.03 bits per heavy atom. The van der Waals surface area contributed by atoms with Crippen LogP contribution >= 0.6 is 0 Å². The summed E-state index contributed by atoms with van der Waals surface area (Å²) in [5.41, 5.74) is -2.71. The second kappa shape index (κ2) is 6.80. The van der Waals surface area contributed by atoms with E-state index in [4.69, 9.17) is 4.74 Å². The van der Waals surface area contributed by atoms with E-state index >= 15 is 0 Å². The van der Waals surface area contributed by atoms with Crippen LogP contribution in [-0.2, 0) is 19.1 Å². The van der Waals surface area contributed by atoms with E-state index in [9.17, 15) is 24.6 Å². The number of fused-ring (bicyclic) bond motifs is 1. The van der Waals surface area contributed by atoms with Crippen LogP contribution in [0.4, 0.5) is 0 Å². The lowest BCUT2D eigenvalue weighted by molar-refractivity contribution is -0.160. The molecule has 3 heterocycles. The average molecular weight is 408 g/mol. The third-order valence-electron chi connectivity index (χ3n) is 6.84. The van der Waals surface area contributed by atoms with Gasteiger partial charge in [-0.2, -0.15) is 0 Å². The standard InChI is InChI=1S/C21H32N2O6/c1-7-10-22(19(3,4)5)17(26)15-21-9-8-20(6,29-21)14(18(27)28)13(21)16(25)23(15)12(2)11-24/h7,12-15,24H,1,8-11H2,2-6H3,(H,27,28)/t12-,13+,14+,15?,20-,21?/m1/s1. The van der Waals surface area contributed by atoms with E-state index in [2.05, 4.69) is 6.58 Å². The van der Waals surface area contributed by atoms with E-state index in [-0.39, 0.29) is 19.1 Å². The molecule has 29 heavy (non-hydrogen) atoms. The average Bonchev–Trinajstić information content (AvgIpc) is 3.18. The number of aliphatic hydroxyl groups is 1. The van der Waals surface area contributed by atoms with E-state index in [1.807, 2.05) is 20.8 Å². The summed E-state index contributed by atoms with van der Waals surface area (Å²) in [7, 11) is 0. The van der Waals surface area contributed by atoms with Gasteiger partial charge in [-0.3, -0.25) is 14.4 Å². The van der Waals surface area contributed by atoms with Crippen molar-refractivity contribution >= 4 is 17.8 Å². The summed E-state index contributed by atoms with van der Waals surface area (Å²) in [6.45, 7) is 12.8. The van der Waals surface area contributed by atoms with E-state index in [0.29, 0.717) is 12.8 Å². The molecule has 3 rings (SSSR count). The maximum Gasteiger partial charge on any atom is 0.310 e. The molecule has 6 atom stereocenters. The molecule has 0 aliphatic carbocycles. The first-order valence-electron chi connectivity index (χ1n) is 10.1. The summed E-state index contributed by atoms with van der Waals surface area (Å²) >= 11 is 0. The Balaban J connectivity index is 2.15. The molecule has 8 heteroatoms. The number of likely N-dealkylation sites (tertiary alicyclic amines) is 1. The Labute approximate surface area is 171 Å². The monoisotopic (exact) mass is 408 g/mol. The number of carbonyl (C=O) groups is 3. The SMILES string of the molecule is C=CCN(C(=O)C1N([C@H](C)CO)C(=O)[C@@H]2[C@@H](C(=O)O)[C@@]3(C)CCC12O3)C(C)(C)C. The largest absolute Gasteiger partial charge is 0.481 e. The molecule has 2 N–H and O–H groups in total. The molecule has 2 bridgehead atoms. The fourth-order valence-electron chi connectivity index (χ4n) is 5.55. The van der Waals surface area contributed by atoms with Crippen molar-refractivity contribution in [1.29, 1.82) is 0 Å². The Kier molecular flexibility index (Phi) is 5.11. The number of aliphatic carboxylic acids is 1. The molecule has 3 saturated heterocycles. The van der Waals surface area contributed by atoms with Crippen molar-refractivity contribution in [2.45, 2.75) is 76.3 Å². The first-order chi connectivity index (χ1) is 13.4. The van der Waals surface area contributed by atoms with Gasteiger partial charge in [0.05, 0.1) is 30.1 Å². The molecule has 0 aromatic heterocycles. The molecule has 0 saturated carbocycles. The number of carboxylic acids is 1. The van der Waals surface area contributed by atoms with Gasteiger partial charge in [-0.1, -0.05) is 6.08 Å². The number of rotatable bonds is 6. The Bertz CT molecular complexity index is 746. The lowest BCUT2D eigenvalue weighted by Gasteiger charge is -2.43. The first kappa shape index (κ1) is 21.8. The number of carboxylic acid groups (broad SMARTS) is 1. The van der Waals surface area contributed by atoms with Gasteiger partial charge in [-0.25, -0.2) is 0 Å². The van der Waals surface area contributed by atoms with Gasteiger partial charge in [0.15, 0.2) is 0 Å². The molecule has 2 unspecified atom stereocenters. The van der Waals surface area contributed by atoms with Crippen molar-refractivity contribution in [3.63, 3.8) is 0 Å². The predicted octanol–water partition coefficient (Wildman–Crippen LogP) is 1.03. The zero-order chi connectivity index (χ0) is 21.9. The minimum absolute atomic E-state index is 0.286. The fourth-order valence-corrected chi connectivity index (χ4v) is 5.55. The Hall–Kier alpha value is -1.93. The van der Waals surface area contributed by atoms with E-state index in [0.717, 1.165) is 0 Å². The summed E-state index contributed by atoms with van der Waals surface area (Å²) in [6, 6.07) is -1.61. The first-order valence-corrected chi connectivity index (χ1v) is 10.1. The summed E-state index contributed by atoms with van der Waals surface area (Å²) in [5, 5.41) is 19.7. The zero-order valence-corrected chi connectivity index (χ0v) is 17.8. The fraction of sp³-hybridized carbons (Fsp3) is 0.762. The van der Waals surface area contributed by atoms with Crippen molar-refractivity contribution in [2.24, 2.45) is 11.8 Å². The molecular formula is C21H32N2O6. The summed E-state index contributed by atoms with van der Waals surface area (Å²) in [6.07, 6.45) is 2.53. The van der Waals surface area contributed by atoms with Crippen molar-refractivity contribution in [3.8, 4) is 0 Å². The van der Waals surface area contributed by atoms with Gasteiger partial charge in [-0.15, -0.1) is 6.58 Å². The van der Waals surface area contributed by atoms with Gasteiger partial charge < -0.3 is 24.7 Å². The highest BCUT2D eigenvalue weighted by Gasteiger charge is 2.78. The topological polar surface area (TPSA) is 107 Å². The highest BCUT2D eigenvalue weighted by Crippen LogP contribution is 2.63. The quantitative estimate of drug-likeness (QED) is 0.636. The van der Waals surface area contributed by atoms with Gasteiger partial charge in [-0.05, 0) is 47.5 Å². The van der Waals surface area contributed by atoms with Gasteiger partial charge in [0, 0.05) is 12.1 Å². The van der Waals surface area contributed by atoms with E-state index < -0.39 is 52.5 Å². The molecule has 1 spiro atoms. The normalized spacial score (nSPS) is 36.8. The molecule has 162 valence electrons. The number of aliphatic hydroxyl groups excluding tert-OH is 1. The maximum absolute atomic E-state index is 13.8. The van der Waals surface area contributed by atoms with Crippen molar-refractivity contribution < 1.29 is 29.3 Å². The molecule has 3 aliphatic heterocycles. The number of nitrogens with zero attached hydrogens (tertiary/aromatic N) is 2. The lowest BCUT2D eigenvalue weighted by Crippen LogP contribution is -2.61. The molecule has 0 aromatic carbocycles. The number of ether oxygens (including phenoxy) is 1. The van der Waals surface area contributed by atoms with Crippen molar-refractivity contribution in [3.05, 3.63) is 12.7 Å². The highest BCUT2D eigenvalue weighted by atomic mass is 16.5.